The molecule has 1 aliphatic carbocycles. The molecule has 10 heteroatoms. The Bertz CT molecular complexity index is 609. The van der Waals surface area contributed by atoms with E-state index >= 15 is 0 Å². The number of hydrogen-bond acceptors (Lipinski definition) is 8. The fourth-order valence-electron chi connectivity index (χ4n) is 3.82. The number of fused-ring (bicyclic) bond motifs is 1. The molecule has 9 nitrogen and oxygen atoms in total. The van der Waals surface area contributed by atoms with Gasteiger partial charge in [0.05, 0.1) is 19.0 Å². The van der Waals surface area contributed by atoms with Crippen LogP contribution in [0.5, 0.6) is 0 Å². The van der Waals surface area contributed by atoms with Gasteiger partial charge in [-0.25, -0.2) is 4.99 Å². The van der Waals surface area contributed by atoms with Crippen LogP contribution >= 0.6 is 11.6 Å². The summed E-state index contributed by atoms with van der Waals surface area (Å²) < 4.78 is 5.58. The molecule has 3 aliphatic heterocycles. The third-order valence-corrected chi connectivity index (χ3v) is 5.35. The molecule has 0 amide bonds. The van der Waals surface area contributed by atoms with Crippen LogP contribution in [-0.2, 0) is 4.74 Å². The highest BCUT2D eigenvalue weighted by atomic mass is 35.5. The fourth-order valence-corrected chi connectivity index (χ4v) is 4.01. The molecule has 1 saturated carbocycles. The van der Waals surface area contributed by atoms with Gasteiger partial charge in [-0.2, -0.15) is 0 Å². The highest BCUT2D eigenvalue weighted by molar-refractivity contribution is 6.66. The molecule has 0 aromatic rings. The zero-order valence-corrected chi connectivity index (χ0v) is 14.3. The third-order valence-electron chi connectivity index (χ3n) is 5.16. The number of nitrogens with one attached hydrogen (secondary N) is 1. The summed E-state index contributed by atoms with van der Waals surface area (Å²) >= 11 is 6.14. The van der Waals surface area contributed by atoms with Crippen molar-refractivity contribution in [3.05, 3.63) is 0 Å². The number of aliphatic imine (C=N–C) groups is 3. The maximum atomic E-state index is 10.3. The van der Waals surface area contributed by atoms with Crippen molar-refractivity contribution in [3.63, 3.8) is 0 Å². The SMILES string of the molecule is OC[C@H]1O[C@@H](N2C=NC3C(=NC4CCCC4)NC(Cl)=NC32)[C@H](O)[C@@H]1O. The third kappa shape index (κ3) is 3.04. The first-order valence-corrected chi connectivity index (χ1v) is 8.97. The van der Waals surface area contributed by atoms with Crippen molar-refractivity contribution in [1.82, 2.24) is 10.2 Å². The van der Waals surface area contributed by atoms with Gasteiger partial charge in [-0.1, -0.05) is 12.8 Å². The minimum Gasteiger partial charge on any atom is -0.394 e. The zero-order chi connectivity index (χ0) is 17.6. The molecule has 2 fully saturated rings. The van der Waals surface area contributed by atoms with Crippen LogP contribution in [0.3, 0.4) is 0 Å². The molecule has 3 heterocycles. The summed E-state index contributed by atoms with van der Waals surface area (Å²) in [7, 11) is 0. The van der Waals surface area contributed by atoms with E-state index in [0.717, 1.165) is 12.8 Å². The van der Waals surface area contributed by atoms with E-state index in [1.807, 2.05) is 0 Å². The standard InChI is InChI=1S/C15H22ClN5O4/c16-15-19-12(18-7-3-1-2-4-7)9-13(20-15)21(6-17-9)14-11(24)10(23)8(5-22)25-14/h6-11,13-14,22-24H,1-5H2,(H,18,19,20)/t8-,9?,10-,11-,13?,14-/m1/s1. The predicted octanol–water partition coefficient (Wildman–Crippen LogP) is -0.997. The van der Waals surface area contributed by atoms with Gasteiger partial charge in [-0.05, 0) is 24.4 Å². The number of amidine groups is 2. The highest BCUT2D eigenvalue weighted by Crippen LogP contribution is 2.31. The number of aliphatic hydroxyl groups excluding tert-OH is 3. The Hall–Kier alpha value is -1.26. The lowest BCUT2D eigenvalue weighted by molar-refractivity contribution is -0.0779. The molecule has 4 aliphatic rings. The summed E-state index contributed by atoms with van der Waals surface area (Å²) in [4.78, 5) is 15.2. The molecule has 138 valence electrons. The zero-order valence-electron chi connectivity index (χ0n) is 13.6. The van der Waals surface area contributed by atoms with Crippen molar-refractivity contribution < 1.29 is 20.1 Å². The van der Waals surface area contributed by atoms with Crippen LogP contribution in [0.25, 0.3) is 0 Å². The normalized spacial score (nSPS) is 42.8. The molecule has 25 heavy (non-hydrogen) atoms. The number of nitrogens with zero attached hydrogens (tertiary/aromatic N) is 4. The molecule has 2 unspecified atom stereocenters. The lowest BCUT2D eigenvalue weighted by Crippen LogP contribution is -2.54. The van der Waals surface area contributed by atoms with Crippen LogP contribution in [0, 0.1) is 0 Å². The van der Waals surface area contributed by atoms with E-state index in [1.165, 1.54) is 12.8 Å². The van der Waals surface area contributed by atoms with E-state index in [0.29, 0.717) is 5.84 Å². The minimum absolute atomic E-state index is 0.209. The summed E-state index contributed by atoms with van der Waals surface area (Å²) in [6, 6.07) is -0.0897. The van der Waals surface area contributed by atoms with Gasteiger partial charge in [-0.3, -0.25) is 9.98 Å². The summed E-state index contributed by atoms with van der Waals surface area (Å²) in [5, 5.41) is 32.7. The maximum absolute atomic E-state index is 10.3. The fraction of sp³-hybridized carbons (Fsp3) is 0.800. The first-order valence-electron chi connectivity index (χ1n) is 8.59. The molecule has 6 atom stereocenters. The Morgan fingerprint density at radius 1 is 1.32 bits per heavy atom. The maximum Gasteiger partial charge on any atom is 0.198 e. The van der Waals surface area contributed by atoms with Gasteiger partial charge in [0.15, 0.2) is 17.7 Å². The lowest BCUT2D eigenvalue weighted by atomic mass is 10.1. The van der Waals surface area contributed by atoms with Crippen LogP contribution < -0.4 is 5.32 Å². The van der Waals surface area contributed by atoms with Crippen molar-refractivity contribution >= 4 is 29.1 Å². The second kappa shape index (κ2) is 6.81. The van der Waals surface area contributed by atoms with Crippen LogP contribution in [-0.4, -0.2) is 87.1 Å². The Balaban J connectivity index is 1.56. The number of halogens is 1. The monoisotopic (exact) mass is 371 g/mol. The largest absolute Gasteiger partial charge is 0.394 e. The van der Waals surface area contributed by atoms with E-state index in [4.69, 9.17) is 21.3 Å². The minimum atomic E-state index is -1.18. The van der Waals surface area contributed by atoms with E-state index < -0.39 is 30.7 Å². The Labute approximate surface area is 150 Å². The van der Waals surface area contributed by atoms with E-state index in [-0.39, 0.29) is 24.0 Å². The summed E-state index contributed by atoms with van der Waals surface area (Å²) in [5.41, 5.74) is 0. The molecule has 0 aromatic heterocycles. The number of hydrogen-bond donors (Lipinski definition) is 4. The van der Waals surface area contributed by atoms with Gasteiger partial charge in [-0.15, -0.1) is 0 Å². The van der Waals surface area contributed by atoms with Crippen LogP contribution in [0.1, 0.15) is 25.7 Å². The number of aliphatic hydroxyl groups is 3. The molecular weight excluding hydrogens is 350 g/mol. The van der Waals surface area contributed by atoms with Gasteiger partial charge in [0.1, 0.15) is 30.2 Å². The topological polar surface area (TPSA) is 122 Å². The van der Waals surface area contributed by atoms with Crippen LogP contribution in [0.2, 0.25) is 0 Å². The van der Waals surface area contributed by atoms with Crippen molar-refractivity contribution in [2.45, 2.75) is 68.5 Å². The van der Waals surface area contributed by atoms with Gasteiger partial charge < -0.3 is 30.3 Å². The van der Waals surface area contributed by atoms with E-state index in [2.05, 4.69) is 15.3 Å². The molecule has 4 N–H and O–H groups in total. The molecule has 0 aromatic carbocycles. The summed E-state index contributed by atoms with van der Waals surface area (Å²) in [6.45, 7) is -0.381. The Morgan fingerprint density at radius 2 is 2.08 bits per heavy atom. The first-order chi connectivity index (χ1) is 12.1. The predicted molar refractivity (Wildman–Crippen MR) is 91.8 cm³/mol. The molecule has 0 radical (unpaired) electrons. The van der Waals surface area contributed by atoms with Gasteiger partial charge in [0.25, 0.3) is 0 Å². The molecular formula is C15H22ClN5O4. The number of rotatable bonds is 3. The molecule has 0 spiro atoms. The van der Waals surface area contributed by atoms with Crippen molar-refractivity contribution in [2.75, 3.05) is 6.61 Å². The quantitative estimate of drug-likeness (QED) is 0.472. The Kier molecular flexibility index (Phi) is 4.67. The lowest BCUT2D eigenvalue weighted by Gasteiger charge is -2.33. The average molecular weight is 372 g/mol. The van der Waals surface area contributed by atoms with Crippen molar-refractivity contribution in [3.8, 4) is 0 Å². The van der Waals surface area contributed by atoms with Crippen LogP contribution in [0.15, 0.2) is 15.0 Å². The summed E-state index contributed by atoms with van der Waals surface area (Å²) in [6.07, 6.45) is 1.45. The average Bonchev–Trinajstić information content (AvgIpc) is 3.29. The molecule has 4 rings (SSSR count). The Morgan fingerprint density at radius 3 is 2.76 bits per heavy atom. The van der Waals surface area contributed by atoms with E-state index in [9.17, 15) is 15.3 Å². The second-order valence-corrected chi connectivity index (χ2v) is 7.15. The van der Waals surface area contributed by atoms with Gasteiger partial charge in [0.2, 0.25) is 0 Å². The summed E-state index contributed by atoms with van der Waals surface area (Å²) in [5.74, 6) is 0.669. The van der Waals surface area contributed by atoms with Gasteiger partial charge >= 0.3 is 0 Å². The van der Waals surface area contributed by atoms with Crippen molar-refractivity contribution in [2.24, 2.45) is 15.0 Å². The van der Waals surface area contributed by atoms with Gasteiger partial charge in [0, 0.05) is 0 Å². The smallest absolute Gasteiger partial charge is 0.198 e. The highest BCUT2D eigenvalue weighted by Gasteiger charge is 2.50. The van der Waals surface area contributed by atoms with Crippen LogP contribution in [0.4, 0.5) is 0 Å². The molecule has 1 saturated heterocycles. The van der Waals surface area contributed by atoms with E-state index in [1.54, 1.807) is 11.2 Å². The second-order valence-electron chi connectivity index (χ2n) is 6.80. The van der Waals surface area contributed by atoms with Crippen molar-refractivity contribution in [1.29, 1.82) is 0 Å². The first kappa shape index (κ1) is 17.2. The molecule has 0 bridgehead atoms. The number of ether oxygens (including phenoxy) is 1.